The minimum atomic E-state index is -4.00. The summed E-state index contributed by atoms with van der Waals surface area (Å²) in [7, 11) is -4.00. The van der Waals surface area contributed by atoms with Crippen LogP contribution >= 0.6 is 0 Å². The molecule has 4 rings (SSSR count). The van der Waals surface area contributed by atoms with E-state index in [0.717, 1.165) is 24.1 Å². The van der Waals surface area contributed by atoms with Gasteiger partial charge in [-0.2, -0.15) is 13.1 Å². The van der Waals surface area contributed by atoms with E-state index in [0.29, 0.717) is 31.8 Å². The number of amides is 3. The number of rotatable bonds is 5. The quantitative estimate of drug-likeness (QED) is 0.538. The van der Waals surface area contributed by atoms with Crippen LogP contribution in [0.2, 0.25) is 0 Å². The van der Waals surface area contributed by atoms with E-state index in [4.69, 9.17) is 4.74 Å². The fourth-order valence-electron chi connectivity index (χ4n) is 4.72. The van der Waals surface area contributed by atoms with Gasteiger partial charge in [-0.15, -0.1) is 0 Å². The molecular formula is C26H34N4O5S. The number of benzene rings is 2. The van der Waals surface area contributed by atoms with Crippen molar-refractivity contribution in [2.45, 2.75) is 77.1 Å². The van der Waals surface area contributed by atoms with Crippen LogP contribution in [0.1, 0.15) is 69.1 Å². The molecule has 2 aliphatic rings. The summed E-state index contributed by atoms with van der Waals surface area (Å²) in [6.07, 6.45) is 1.96. The van der Waals surface area contributed by atoms with Gasteiger partial charge in [0.1, 0.15) is 5.60 Å². The highest BCUT2D eigenvalue weighted by Gasteiger charge is 2.28. The zero-order valence-electron chi connectivity index (χ0n) is 20.9. The molecule has 1 aliphatic carbocycles. The molecule has 1 saturated carbocycles. The minimum absolute atomic E-state index is 0.119. The summed E-state index contributed by atoms with van der Waals surface area (Å²) < 4.78 is 34.0. The topological polar surface area (TPSA) is 117 Å². The second-order valence-electron chi connectivity index (χ2n) is 10.5. The molecule has 3 N–H and O–H groups in total. The number of fused-ring (bicyclic) bond motifs is 1. The Morgan fingerprint density at radius 1 is 0.917 bits per heavy atom. The molecule has 1 aliphatic heterocycles. The van der Waals surface area contributed by atoms with Crippen molar-refractivity contribution in [2.75, 3.05) is 5.32 Å². The summed E-state index contributed by atoms with van der Waals surface area (Å²) >= 11 is 0. The number of nitrogens with zero attached hydrogens (tertiary/aromatic N) is 1. The molecule has 194 valence electrons. The van der Waals surface area contributed by atoms with Crippen LogP contribution < -0.4 is 14.8 Å². The van der Waals surface area contributed by atoms with E-state index in [-0.39, 0.29) is 12.1 Å². The van der Waals surface area contributed by atoms with Crippen LogP contribution in [0, 0.1) is 0 Å². The standard InChI is InChI=1S/C26H34N4O5S/c1-26(2,3)35-25(32)29-36(33,34)28-23-14-10-19(11-15-23)18-8-12-22(13-9-18)27-24(31)30-16-20-6-4-5-7-21(20)17-30/h4-9,12-13,19,23,28H,10-11,14-17H2,1-3H3,(H,27,31)(H,29,32). The van der Waals surface area contributed by atoms with Crippen LogP contribution in [0.25, 0.3) is 0 Å². The molecule has 10 heteroatoms. The zero-order chi connectivity index (χ0) is 25.9. The number of anilines is 1. The lowest BCUT2D eigenvalue weighted by molar-refractivity contribution is 0.0569. The van der Waals surface area contributed by atoms with Crippen molar-refractivity contribution in [2.24, 2.45) is 0 Å². The fourth-order valence-corrected chi connectivity index (χ4v) is 5.71. The van der Waals surface area contributed by atoms with Gasteiger partial charge < -0.3 is 15.0 Å². The number of ether oxygens (including phenoxy) is 1. The van der Waals surface area contributed by atoms with Crippen LogP contribution in [0.5, 0.6) is 0 Å². The van der Waals surface area contributed by atoms with Crippen molar-refractivity contribution in [1.82, 2.24) is 14.3 Å². The van der Waals surface area contributed by atoms with Crippen molar-refractivity contribution in [3.63, 3.8) is 0 Å². The third-order valence-corrected chi connectivity index (χ3v) is 7.51. The number of urea groups is 1. The summed E-state index contributed by atoms with van der Waals surface area (Å²) in [6.45, 7) is 6.23. The monoisotopic (exact) mass is 514 g/mol. The molecule has 0 bridgehead atoms. The lowest BCUT2D eigenvalue weighted by Gasteiger charge is -2.29. The second-order valence-corrected chi connectivity index (χ2v) is 11.9. The number of nitrogens with one attached hydrogen (secondary N) is 3. The van der Waals surface area contributed by atoms with Crippen LogP contribution in [-0.4, -0.2) is 37.1 Å². The number of carbonyl (C=O) groups is 2. The van der Waals surface area contributed by atoms with Gasteiger partial charge in [0.15, 0.2) is 0 Å². The number of hydrogen-bond donors (Lipinski definition) is 3. The first-order chi connectivity index (χ1) is 17.0. The Morgan fingerprint density at radius 2 is 1.50 bits per heavy atom. The molecule has 0 radical (unpaired) electrons. The molecule has 0 atom stereocenters. The van der Waals surface area contributed by atoms with Gasteiger partial charge in [-0.3, -0.25) is 0 Å². The highest BCUT2D eigenvalue weighted by atomic mass is 32.2. The maximum Gasteiger partial charge on any atom is 0.422 e. The first kappa shape index (κ1) is 26.0. The summed E-state index contributed by atoms with van der Waals surface area (Å²) in [4.78, 5) is 26.3. The van der Waals surface area contributed by atoms with Gasteiger partial charge in [-0.1, -0.05) is 36.4 Å². The lowest BCUT2D eigenvalue weighted by Crippen LogP contribution is -2.47. The first-order valence-corrected chi connectivity index (χ1v) is 13.7. The normalized spacial score (nSPS) is 19.9. The molecular weight excluding hydrogens is 480 g/mol. The molecule has 36 heavy (non-hydrogen) atoms. The minimum Gasteiger partial charge on any atom is -0.443 e. The van der Waals surface area contributed by atoms with Crippen molar-refractivity contribution >= 4 is 28.0 Å². The van der Waals surface area contributed by atoms with E-state index in [1.165, 1.54) is 11.1 Å². The summed E-state index contributed by atoms with van der Waals surface area (Å²) in [5.41, 5.74) is 3.49. The number of hydrogen-bond acceptors (Lipinski definition) is 5. The van der Waals surface area contributed by atoms with Gasteiger partial charge in [0, 0.05) is 24.8 Å². The summed E-state index contributed by atoms with van der Waals surface area (Å²) in [6, 6.07) is 15.6. The molecule has 3 amide bonds. The lowest BCUT2D eigenvalue weighted by atomic mass is 9.82. The Balaban J connectivity index is 1.24. The van der Waals surface area contributed by atoms with E-state index in [1.54, 1.807) is 25.7 Å². The van der Waals surface area contributed by atoms with Crippen LogP contribution in [0.4, 0.5) is 15.3 Å². The average Bonchev–Trinajstić information content (AvgIpc) is 3.23. The number of carbonyl (C=O) groups excluding carboxylic acids is 2. The fraction of sp³-hybridized carbons (Fsp3) is 0.462. The molecule has 2 aromatic carbocycles. The predicted octanol–water partition coefficient (Wildman–Crippen LogP) is 4.62. The summed E-state index contributed by atoms with van der Waals surface area (Å²) in [5, 5.41) is 2.98. The molecule has 1 heterocycles. The maximum atomic E-state index is 12.7. The average molecular weight is 515 g/mol. The Bertz CT molecular complexity index is 1170. The summed E-state index contributed by atoms with van der Waals surface area (Å²) in [5.74, 6) is 0.308. The molecule has 0 saturated heterocycles. The van der Waals surface area contributed by atoms with E-state index >= 15 is 0 Å². The van der Waals surface area contributed by atoms with E-state index in [9.17, 15) is 18.0 Å². The molecule has 0 spiro atoms. The van der Waals surface area contributed by atoms with E-state index < -0.39 is 21.9 Å². The van der Waals surface area contributed by atoms with Crippen molar-refractivity contribution in [3.05, 3.63) is 65.2 Å². The van der Waals surface area contributed by atoms with Gasteiger partial charge >= 0.3 is 22.3 Å². The van der Waals surface area contributed by atoms with Crippen LogP contribution in [-0.2, 0) is 28.0 Å². The first-order valence-electron chi connectivity index (χ1n) is 12.2. The molecule has 1 fully saturated rings. The largest absolute Gasteiger partial charge is 0.443 e. The Labute approximate surface area is 212 Å². The van der Waals surface area contributed by atoms with E-state index in [2.05, 4.69) is 22.2 Å². The molecule has 0 unspecified atom stereocenters. The Kier molecular flexibility index (Phi) is 7.56. The van der Waals surface area contributed by atoms with E-state index in [1.807, 2.05) is 41.1 Å². The Morgan fingerprint density at radius 3 is 2.06 bits per heavy atom. The smallest absolute Gasteiger partial charge is 0.422 e. The zero-order valence-corrected chi connectivity index (χ0v) is 21.7. The molecule has 9 nitrogen and oxygen atoms in total. The van der Waals surface area contributed by atoms with Gasteiger partial charge in [0.05, 0.1) is 0 Å². The highest BCUT2D eigenvalue weighted by molar-refractivity contribution is 7.88. The molecule has 0 aromatic heterocycles. The third-order valence-electron chi connectivity index (χ3n) is 6.43. The van der Waals surface area contributed by atoms with Crippen LogP contribution in [0.15, 0.2) is 48.5 Å². The van der Waals surface area contributed by atoms with Crippen LogP contribution in [0.3, 0.4) is 0 Å². The third kappa shape index (κ3) is 6.98. The van der Waals surface area contributed by atoms with Gasteiger partial charge in [-0.05, 0) is 81.2 Å². The highest BCUT2D eigenvalue weighted by Crippen LogP contribution is 2.33. The Hall–Kier alpha value is -3.11. The maximum absolute atomic E-state index is 12.7. The van der Waals surface area contributed by atoms with Gasteiger partial charge in [0.2, 0.25) is 0 Å². The van der Waals surface area contributed by atoms with Crippen molar-refractivity contribution in [1.29, 1.82) is 0 Å². The van der Waals surface area contributed by atoms with Crippen molar-refractivity contribution in [3.8, 4) is 0 Å². The predicted molar refractivity (Wildman–Crippen MR) is 138 cm³/mol. The molecule has 2 aromatic rings. The second kappa shape index (κ2) is 10.5. The van der Waals surface area contributed by atoms with Gasteiger partial charge in [0.25, 0.3) is 0 Å². The van der Waals surface area contributed by atoms with Crippen molar-refractivity contribution < 1.29 is 22.7 Å². The van der Waals surface area contributed by atoms with Gasteiger partial charge in [-0.25, -0.2) is 14.3 Å². The SMILES string of the molecule is CC(C)(C)OC(=O)NS(=O)(=O)NC1CCC(c2ccc(NC(=O)N3Cc4ccccc4C3)cc2)CC1.